The van der Waals surface area contributed by atoms with Crippen LogP contribution >= 0.6 is 11.6 Å². The van der Waals surface area contributed by atoms with E-state index < -0.39 is 28.7 Å². The molecule has 1 heterocycles. The summed E-state index contributed by atoms with van der Waals surface area (Å²) in [5.41, 5.74) is -0.312. The van der Waals surface area contributed by atoms with Crippen LogP contribution in [0, 0.1) is 11.6 Å². The molecule has 1 aliphatic heterocycles. The fourth-order valence-corrected chi connectivity index (χ4v) is 2.06. The van der Waals surface area contributed by atoms with E-state index in [4.69, 9.17) is 16.3 Å². The van der Waals surface area contributed by atoms with Gasteiger partial charge in [-0.3, -0.25) is 4.79 Å². The van der Waals surface area contributed by atoms with Gasteiger partial charge >= 0.3 is 6.09 Å². The molecular formula is C13H13ClF2N2O3. The van der Waals surface area contributed by atoms with E-state index in [0.717, 1.165) is 12.1 Å². The number of amides is 2. The Labute approximate surface area is 125 Å². The highest BCUT2D eigenvalue weighted by molar-refractivity contribution is 6.31. The molecule has 21 heavy (non-hydrogen) atoms. The van der Waals surface area contributed by atoms with E-state index in [-0.39, 0.29) is 18.7 Å². The number of benzene rings is 1. The number of ether oxygens (including phenoxy) is 1. The van der Waals surface area contributed by atoms with E-state index in [2.05, 4.69) is 0 Å². The molecule has 1 aromatic carbocycles. The Morgan fingerprint density at radius 2 is 2.19 bits per heavy atom. The summed E-state index contributed by atoms with van der Waals surface area (Å²) >= 11 is 5.44. The lowest BCUT2D eigenvalue weighted by Crippen LogP contribution is -2.37. The van der Waals surface area contributed by atoms with E-state index in [1.54, 1.807) is 0 Å². The van der Waals surface area contributed by atoms with Gasteiger partial charge in [-0.1, -0.05) is 11.6 Å². The largest absolute Gasteiger partial charge is 0.448 e. The van der Waals surface area contributed by atoms with Crippen molar-refractivity contribution >= 4 is 23.6 Å². The molecule has 2 rings (SSSR count). The van der Waals surface area contributed by atoms with Gasteiger partial charge in [0.2, 0.25) is 0 Å². The second-order valence-corrected chi connectivity index (χ2v) is 4.93. The molecule has 1 aliphatic rings. The first-order valence-electron chi connectivity index (χ1n) is 6.22. The molecule has 0 N–H and O–H groups in total. The standard InChI is InChI=1S/C13H13ClF2N2O3/c1-17(4-5-18-6-7-21-13(18)20)12(19)8-2-3-9(15)10(14)11(8)16/h2-3H,4-7H2,1H3. The van der Waals surface area contributed by atoms with Gasteiger partial charge in [0.05, 0.1) is 12.1 Å². The number of cyclic esters (lactones) is 1. The van der Waals surface area contributed by atoms with Crippen LogP contribution in [0.25, 0.3) is 0 Å². The van der Waals surface area contributed by atoms with Crippen molar-refractivity contribution in [3.05, 3.63) is 34.4 Å². The van der Waals surface area contributed by atoms with Gasteiger partial charge in [0.25, 0.3) is 5.91 Å². The van der Waals surface area contributed by atoms with Gasteiger partial charge < -0.3 is 14.5 Å². The highest BCUT2D eigenvalue weighted by Gasteiger charge is 2.24. The average Bonchev–Trinajstić information content (AvgIpc) is 2.87. The topological polar surface area (TPSA) is 49.9 Å². The summed E-state index contributed by atoms with van der Waals surface area (Å²) in [6, 6.07) is 1.98. The van der Waals surface area contributed by atoms with Crippen LogP contribution in [0.1, 0.15) is 10.4 Å². The van der Waals surface area contributed by atoms with Crippen LogP contribution < -0.4 is 0 Å². The normalized spacial score (nSPS) is 14.3. The van der Waals surface area contributed by atoms with E-state index in [1.165, 1.54) is 16.8 Å². The molecule has 114 valence electrons. The van der Waals surface area contributed by atoms with Crippen molar-refractivity contribution < 1.29 is 23.1 Å². The first kappa shape index (κ1) is 15.5. The molecule has 0 radical (unpaired) electrons. The maximum absolute atomic E-state index is 13.8. The van der Waals surface area contributed by atoms with E-state index in [1.807, 2.05) is 0 Å². The predicted octanol–water partition coefficient (Wildman–Crippen LogP) is 2.14. The van der Waals surface area contributed by atoms with Crippen LogP contribution in [0.5, 0.6) is 0 Å². The zero-order chi connectivity index (χ0) is 15.6. The summed E-state index contributed by atoms with van der Waals surface area (Å²) in [4.78, 5) is 26.0. The Bertz CT molecular complexity index is 583. The zero-order valence-corrected chi connectivity index (χ0v) is 12.0. The van der Waals surface area contributed by atoms with Crippen LogP contribution in [0.3, 0.4) is 0 Å². The number of rotatable bonds is 4. The van der Waals surface area contributed by atoms with Crippen LogP contribution in [0.15, 0.2) is 12.1 Å². The minimum atomic E-state index is -1.09. The van der Waals surface area contributed by atoms with Gasteiger partial charge in [0.15, 0.2) is 5.82 Å². The smallest absolute Gasteiger partial charge is 0.409 e. The quantitative estimate of drug-likeness (QED) is 0.799. The van der Waals surface area contributed by atoms with Crippen molar-refractivity contribution in [3.8, 4) is 0 Å². The summed E-state index contributed by atoms with van der Waals surface area (Å²) in [6.07, 6.45) is -0.438. The molecule has 0 aromatic heterocycles. The van der Waals surface area contributed by atoms with Gasteiger partial charge in [-0.2, -0.15) is 0 Å². The minimum absolute atomic E-state index is 0.197. The third kappa shape index (κ3) is 3.24. The highest BCUT2D eigenvalue weighted by atomic mass is 35.5. The average molecular weight is 319 g/mol. The molecular weight excluding hydrogens is 306 g/mol. The number of nitrogens with zero attached hydrogens (tertiary/aromatic N) is 2. The van der Waals surface area contributed by atoms with Crippen LogP contribution in [0.4, 0.5) is 13.6 Å². The monoisotopic (exact) mass is 318 g/mol. The lowest BCUT2D eigenvalue weighted by molar-refractivity contribution is 0.0777. The molecule has 0 spiro atoms. The molecule has 5 nitrogen and oxygen atoms in total. The predicted molar refractivity (Wildman–Crippen MR) is 71.2 cm³/mol. The van der Waals surface area contributed by atoms with E-state index in [0.29, 0.717) is 13.2 Å². The lowest BCUT2D eigenvalue weighted by Gasteiger charge is -2.20. The van der Waals surface area contributed by atoms with Crippen LogP contribution in [0.2, 0.25) is 5.02 Å². The van der Waals surface area contributed by atoms with Gasteiger partial charge in [0, 0.05) is 20.1 Å². The van der Waals surface area contributed by atoms with Crippen molar-refractivity contribution in [1.82, 2.24) is 9.80 Å². The number of halogens is 3. The first-order chi connectivity index (χ1) is 9.91. The fraction of sp³-hybridized carbons (Fsp3) is 0.385. The van der Waals surface area contributed by atoms with Crippen molar-refractivity contribution in [3.63, 3.8) is 0 Å². The third-order valence-corrected chi connectivity index (χ3v) is 3.51. The van der Waals surface area contributed by atoms with Crippen molar-refractivity contribution in [2.45, 2.75) is 0 Å². The second kappa shape index (κ2) is 6.26. The summed E-state index contributed by atoms with van der Waals surface area (Å²) in [6.45, 7) is 1.25. The first-order valence-corrected chi connectivity index (χ1v) is 6.60. The number of hydrogen-bond donors (Lipinski definition) is 0. The van der Waals surface area contributed by atoms with Gasteiger partial charge in [-0.05, 0) is 12.1 Å². The molecule has 0 unspecified atom stereocenters. The summed E-state index contributed by atoms with van der Waals surface area (Å²) in [5.74, 6) is -2.65. The molecule has 1 aromatic rings. The summed E-state index contributed by atoms with van der Waals surface area (Å²) < 4.78 is 31.6. The Balaban J connectivity index is 2.02. The molecule has 0 aliphatic carbocycles. The van der Waals surface area contributed by atoms with Crippen molar-refractivity contribution in [1.29, 1.82) is 0 Å². The maximum atomic E-state index is 13.8. The molecule has 1 fully saturated rings. The van der Waals surface area contributed by atoms with Crippen molar-refractivity contribution in [2.24, 2.45) is 0 Å². The number of carbonyl (C=O) groups is 2. The Hall–Kier alpha value is -1.89. The van der Waals surface area contributed by atoms with E-state index >= 15 is 0 Å². The molecule has 0 saturated carbocycles. The molecule has 0 bridgehead atoms. The zero-order valence-electron chi connectivity index (χ0n) is 11.2. The van der Waals surface area contributed by atoms with Crippen LogP contribution in [-0.4, -0.2) is 55.1 Å². The minimum Gasteiger partial charge on any atom is -0.448 e. The number of carbonyl (C=O) groups excluding carboxylic acids is 2. The molecule has 8 heteroatoms. The SMILES string of the molecule is CN(CCN1CCOC1=O)C(=O)c1ccc(F)c(Cl)c1F. The second-order valence-electron chi connectivity index (χ2n) is 4.55. The number of likely N-dealkylation sites (N-methyl/N-ethyl adjacent to an activating group) is 1. The van der Waals surface area contributed by atoms with Gasteiger partial charge in [-0.15, -0.1) is 0 Å². The Morgan fingerprint density at radius 3 is 2.81 bits per heavy atom. The lowest BCUT2D eigenvalue weighted by atomic mass is 10.2. The van der Waals surface area contributed by atoms with E-state index in [9.17, 15) is 18.4 Å². The van der Waals surface area contributed by atoms with Crippen LogP contribution in [-0.2, 0) is 4.74 Å². The van der Waals surface area contributed by atoms with Gasteiger partial charge in [0.1, 0.15) is 17.4 Å². The Kier molecular flexibility index (Phi) is 4.62. The third-order valence-electron chi connectivity index (χ3n) is 3.16. The molecule has 1 saturated heterocycles. The Morgan fingerprint density at radius 1 is 1.48 bits per heavy atom. The highest BCUT2D eigenvalue weighted by Crippen LogP contribution is 2.22. The van der Waals surface area contributed by atoms with Gasteiger partial charge in [-0.25, -0.2) is 13.6 Å². The molecule has 0 atom stereocenters. The number of hydrogen-bond acceptors (Lipinski definition) is 3. The maximum Gasteiger partial charge on any atom is 0.409 e. The summed E-state index contributed by atoms with van der Waals surface area (Å²) in [5, 5.41) is -0.711. The summed E-state index contributed by atoms with van der Waals surface area (Å²) in [7, 11) is 1.46. The molecule has 2 amide bonds. The van der Waals surface area contributed by atoms with Crippen molar-refractivity contribution in [2.75, 3.05) is 33.3 Å². The fourth-order valence-electron chi connectivity index (χ4n) is 1.90.